The van der Waals surface area contributed by atoms with Crippen LogP contribution in [0.5, 0.6) is 0 Å². The van der Waals surface area contributed by atoms with Crippen molar-refractivity contribution in [1.82, 2.24) is 14.5 Å². The molecule has 0 spiro atoms. The molecule has 30 heavy (non-hydrogen) atoms. The van der Waals surface area contributed by atoms with E-state index in [2.05, 4.69) is 9.97 Å². The molecule has 1 unspecified atom stereocenters. The Morgan fingerprint density at radius 1 is 1.30 bits per heavy atom. The molecule has 3 aromatic heterocycles. The van der Waals surface area contributed by atoms with Crippen molar-refractivity contribution in [2.45, 2.75) is 5.25 Å². The number of ether oxygens (including phenoxy) is 1. The third-order valence-electron chi connectivity index (χ3n) is 4.60. The topological polar surface area (TPSA) is 124 Å². The van der Waals surface area contributed by atoms with Crippen LogP contribution in [0.4, 0.5) is 5.69 Å². The average Bonchev–Trinajstić information content (AvgIpc) is 3.07. The monoisotopic (exact) mass is 417 g/mol. The molecule has 1 aliphatic heterocycles. The van der Waals surface area contributed by atoms with E-state index >= 15 is 0 Å². The molecule has 148 valence electrons. The van der Waals surface area contributed by atoms with E-state index in [0.29, 0.717) is 16.3 Å². The first kappa shape index (κ1) is 19.4. The number of fused-ring (bicyclic) bond motifs is 1. The van der Waals surface area contributed by atoms with Crippen molar-refractivity contribution in [3.63, 3.8) is 0 Å². The Morgan fingerprint density at radius 2 is 2.03 bits per heavy atom. The van der Waals surface area contributed by atoms with Crippen LogP contribution in [0.2, 0.25) is 0 Å². The summed E-state index contributed by atoms with van der Waals surface area (Å²) in [5, 5.41) is 9.60. The lowest BCUT2D eigenvalue weighted by Crippen LogP contribution is -2.42. The van der Waals surface area contributed by atoms with Gasteiger partial charge in [0.2, 0.25) is 5.91 Å². The summed E-state index contributed by atoms with van der Waals surface area (Å²) >= 11 is 1.06. The zero-order valence-corrected chi connectivity index (χ0v) is 16.6. The number of nitrogen functional groups attached to an aromatic ring is 1. The maximum absolute atomic E-state index is 13.4. The largest absolute Gasteiger partial charge is 0.465 e. The van der Waals surface area contributed by atoms with Gasteiger partial charge in [0.25, 0.3) is 0 Å². The standard InChI is InChI=1S/C21H15N5O3S/c1-29-21(28)19-17-14(8-12-4-2-6-24-10-12)16(23)15(9-22)26(17)20(27)18(30-19)13-5-3-7-25-11-13/h2-8,10-11,18H,23H2,1H3. The molecule has 9 heteroatoms. The quantitative estimate of drug-likeness (QED) is 0.625. The molecule has 0 fully saturated rings. The highest BCUT2D eigenvalue weighted by Gasteiger charge is 2.36. The third kappa shape index (κ3) is 3.13. The van der Waals surface area contributed by atoms with Gasteiger partial charge in [-0.2, -0.15) is 5.26 Å². The number of hydrogen-bond donors (Lipinski definition) is 1. The van der Waals surface area contributed by atoms with Gasteiger partial charge in [-0.05, 0) is 29.3 Å². The van der Waals surface area contributed by atoms with E-state index in [9.17, 15) is 14.9 Å². The van der Waals surface area contributed by atoms with Gasteiger partial charge < -0.3 is 10.5 Å². The van der Waals surface area contributed by atoms with Crippen molar-refractivity contribution in [3.8, 4) is 6.07 Å². The van der Waals surface area contributed by atoms with Crippen molar-refractivity contribution in [1.29, 1.82) is 5.26 Å². The van der Waals surface area contributed by atoms with Crippen LogP contribution in [0.3, 0.4) is 0 Å². The number of carbonyl (C=O) groups excluding carboxylic acids is 2. The van der Waals surface area contributed by atoms with Crippen molar-refractivity contribution in [3.05, 3.63) is 76.4 Å². The Labute approximate surface area is 175 Å². The Morgan fingerprint density at radius 3 is 2.63 bits per heavy atom. The lowest BCUT2D eigenvalue weighted by molar-refractivity contribution is -0.133. The molecule has 3 aromatic rings. The maximum Gasteiger partial charge on any atom is 0.346 e. The number of methoxy groups -OCH3 is 1. The number of aromatic nitrogens is 3. The van der Waals surface area contributed by atoms with E-state index < -0.39 is 11.2 Å². The number of nitriles is 1. The highest BCUT2D eigenvalue weighted by molar-refractivity contribution is 8.10. The number of nitrogens with two attached hydrogens (primary N) is 1. The van der Waals surface area contributed by atoms with Gasteiger partial charge in [0.1, 0.15) is 16.2 Å². The van der Waals surface area contributed by atoms with Crippen molar-refractivity contribution in [2.75, 3.05) is 12.8 Å². The lowest BCUT2D eigenvalue weighted by Gasteiger charge is -2.22. The fraction of sp³-hybridized carbons (Fsp3) is 0.0952. The molecule has 0 bridgehead atoms. The first-order valence-corrected chi connectivity index (χ1v) is 9.70. The summed E-state index contributed by atoms with van der Waals surface area (Å²) in [5.41, 5.74) is 7.65. The highest BCUT2D eigenvalue weighted by Crippen LogP contribution is 2.39. The van der Waals surface area contributed by atoms with Crippen LogP contribution >= 0.6 is 11.8 Å². The van der Waals surface area contributed by atoms with Gasteiger partial charge in [0, 0.05) is 30.0 Å². The Kier molecular flexibility index (Phi) is 5.08. The van der Waals surface area contributed by atoms with Gasteiger partial charge in [0.15, 0.2) is 5.69 Å². The Bertz CT molecular complexity index is 1310. The first-order chi connectivity index (χ1) is 14.6. The van der Waals surface area contributed by atoms with Crippen molar-refractivity contribution >= 4 is 40.3 Å². The SMILES string of the molecule is COC(=O)C1=c2c(=Cc3cccnc3)c(N)c(C#N)n2C(=O)C(c2cccnc2)S1. The van der Waals surface area contributed by atoms with Crippen molar-refractivity contribution < 1.29 is 14.3 Å². The molecule has 4 heterocycles. The van der Waals surface area contributed by atoms with E-state index in [1.165, 1.54) is 11.7 Å². The second kappa shape index (κ2) is 7.85. The normalized spacial score (nSPS) is 16.1. The average molecular weight is 417 g/mol. The summed E-state index contributed by atoms with van der Waals surface area (Å²) in [7, 11) is 1.26. The van der Waals surface area contributed by atoms with Crippen LogP contribution in [0.25, 0.3) is 11.0 Å². The van der Waals surface area contributed by atoms with Gasteiger partial charge in [-0.15, -0.1) is 0 Å². The van der Waals surface area contributed by atoms with Crippen molar-refractivity contribution in [2.24, 2.45) is 0 Å². The van der Waals surface area contributed by atoms with Gasteiger partial charge in [-0.1, -0.05) is 23.9 Å². The van der Waals surface area contributed by atoms with Crippen LogP contribution in [-0.2, 0) is 9.53 Å². The van der Waals surface area contributed by atoms with Gasteiger partial charge in [-0.3, -0.25) is 19.3 Å². The smallest absolute Gasteiger partial charge is 0.346 e. The van der Waals surface area contributed by atoms with Gasteiger partial charge >= 0.3 is 5.97 Å². The molecule has 0 radical (unpaired) electrons. The zero-order chi connectivity index (χ0) is 21.3. The molecular weight excluding hydrogens is 402 g/mol. The molecular formula is C21H15N5O3S. The zero-order valence-electron chi connectivity index (χ0n) is 15.8. The first-order valence-electron chi connectivity index (χ1n) is 8.82. The fourth-order valence-electron chi connectivity index (χ4n) is 3.26. The Hall–Kier alpha value is -3.90. The number of hydrogen-bond acceptors (Lipinski definition) is 8. The molecule has 2 N–H and O–H groups in total. The third-order valence-corrected chi connectivity index (χ3v) is 5.91. The maximum atomic E-state index is 13.4. The summed E-state index contributed by atoms with van der Waals surface area (Å²) in [6.07, 6.45) is 8.07. The van der Waals surface area contributed by atoms with Crippen LogP contribution in [0.15, 0.2) is 49.1 Å². The molecule has 4 rings (SSSR count). The van der Waals surface area contributed by atoms with Gasteiger partial charge in [0.05, 0.1) is 18.1 Å². The predicted molar refractivity (Wildman–Crippen MR) is 111 cm³/mol. The number of thioether (sulfide) groups is 1. The second-order valence-electron chi connectivity index (χ2n) is 6.35. The molecule has 0 amide bonds. The van der Waals surface area contributed by atoms with E-state index in [0.717, 1.165) is 11.8 Å². The Balaban J connectivity index is 2.09. The van der Waals surface area contributed by atoms with E-state index in [1.54, 1.807) is 55.1 Å². The summed E-state index contributed by atoms with van der Waals surface area (Å²) in [4.78, 5) is 34.4. The second-order valence-corrected chi connectivity index (χ2v) is 7.46. The van der Waals surface area contributed by atoms with Crippen LogP contribution in [-0.4, -0.2) is 33.5 Å². The molecule has 1 aliphatic rings. The summed E-state index contributed by atoms with van der Waals surface area (Å²) in [6.45, 7) is 0. The molecule has 0 saturated heterocycles. The predicted octanol–water partition coefficient (Wildman–Crippen LogP) is 0.970. The molecule has 0 aliphatic carbocycles. The number of carbonyl (C=O) groups is 2. The van der Waals surface area contributed by atoms with Crippen LogP contribution in [0.1, 0.15) is 26.9 Å². The lowest BCUT2D eigenvalue weighted by atomic mass is 10.2. The number of anilines is 1. The van der Waals surface area contributed by atoms with E-state index in [-0.39, 0.29) is 27.5 Å². The van der Waals surface area contributed by atoms with E-state index in [4.69, 9.17) is 10.5 Å². The summed E-state index contributed by atoms with van der Waals surface area (Å²) in [5.74, 6) is -1.00. The number of esters is 1. The molecule has 0 aromatic carbocycles. The molecule has 8 nitrogen and oxygen atoms in total. The number of pyridine rings is 2. The number of nitrogens with zero attached hydrogens (tertiary/aromatic N) is 4. The van der Waals surface area contributed by atoms with Gasteiger partial charge in [-0.25, -0.2) is 4.79 Å². The van der Waals surface area contributed by atoms with Crippen LogP contribution < -0.4 is 16.3 Å². The number of rotatable bonds is 3. The minimum absolute atomic E-state index is 0.0271. The minimum atomic E-state index is -0.773. The van der Waals surface area contributed by atoms with Crippen LogP contribution in [0, 0.1) is 11.3 Å². The summed E-state index contributed by atoms with van der Waals surface area (Å²) < 4.78 is 6.17. The fourth-order valence-corrected chi connectivity index (χ4v) is 4.47. The highest BCUT2D eigenvalue weighted by atomic mass is 32.2. The molecule has 1 atom stereocenters. The minimum Gasteiger partial charge on any atom is -0.465 e. The molecule has 0 saturated carbocycles. The summed E-state index contributed by atoms with van der Waals surface area (Å²) in [6, 6.07) is 8.99. The van der Waals surface area contributed by atoms with E-state index in [1.807, 2.05) is 6.07 Å².